The average molecular weight is 362 g/mol. The smallest absolute Gasteiger partial charge is 0.335 e. The minimum atomic E-state index is -4.56. The van der Waals surface area contributed by atoms with Gasteiger partial charge in [-0.1, -0.05) is 17.7 Å². The van der Waals surface area contributed by atoms with E-state index in [1.165, 1.54) is 36.4 Å². The van der Waals surface area contributed by atoms with E-state index < -0.39 is 27.1 Å². The van der Waals surface area contributed by atoms with Gasteiger partial charge < -0.3 is 10.4 Å². The highest BCUT2D eigenvalue weighted by atomic mass is 32.2. The van der Waals surface area contributed by atoms with Gasteiger partial charge in [0.15, 0.2) is 0 Å². The number of aryl methyl sites for hydroxylation is 1. The van der Waals surface area contributed by atoms with Gasteiger partial charge in [0.25, 0.3) is 5.12 Å². The lowest BCUT2D eigenvalue weighted by Gasteiger charge is -2.08. The first-order chi connectivity index (χ1) is 11.7. The minimum Gasteiger partial charge on any atom is -0.478 e. The Kier molecular flexibility index (Phi) is 5.18. The van der Waals surface area contributed by atoms with Gasteiger partial charge in [-0.25, -0.2) is 14.3 Å². The molecule has 130 valence electrons. The maximum Gasteiger partial charge on any atom is 0.335 e. The highest BCUT2D eigenvalue weighted by Gasteiger charge is 2.26. The number of sulfonamides is 1. The van der Waals surface area contributed by atoms with E-state index in [1.807, 2.05) is 0 Å². The Labute approximate surface area is 143 Å². The average Bonchev–Trinajstić information content (AvgIpc) is 2.54. The summed E-state index contributed by atoms with van der Waals surface area (Å²) in [5.41, 5.74) is 0.954. The second-order valence-electron chi connectivity index (χ2n) is 5.10. The predicted molar refractivity (Wildman–Crippen MR) is 90.0 cm³/mol. The Bertz CT molecular complexity index is 918. The van der Waals surface area contributed by atoms with Crippen molar-refractivity contribution in [1.82, 2.24) is 4.72 Å². The van der Waals surface area contributed by atoms with Crippen LogP contribution in [-0.2, 0) is 10.0 Å². The quantitative estimate of drug-likeness (QED) is 0.765. The highest BCUT2D eigenvalue weighted by Crippen LogP contribution is 2.10. The van der Waals surface area contributed by atoms with Gasteiger partial charge in [0.05, 0.1) is 5.56 Å². The molecule has 8 nitrogen and oxygen atoms in total. The summed E-state index contributed by atoms with van der Waals surface area (Å²) in [7, 11) is -4.56. The Morgan fingerprint density at radius 1 is 0.880 bits per heavy atom. The number of carbonyl (C=O) groups is 3. The molecular formula is C16H14N2O6S. The Balaban J connectivity index is 2.06. The molecule has 0 aliphatic carbocycles. The van der Waals surface area contributed by atoms with Gasteiger partial charge in [0, 0.05) is 11.3 Å². The van der Waals surface area contributed by atoms with Crippen molar-refractivity contribution >= 4 is 32.8 Å². The lowest BCUT2D eigenvalue weighted by Crippen LogP contribution is -2.38. The molecule has 0 heterocycles. The van der Waals surface area contributed by atoms with Gasteiger partial charge in [0.1, 0.15) is 0 Å². The van der Waals surface area contributed by atoms with Crippen LogP contribution in [-0.4, -0.2) is 30.6 Å². The molecular weight excluding hydrogens is 348 g/mol. The van der Waals surface area contributed by atoms with E-state index >= 15 is 0 Å². The molecule has 0 aliphatic rings. The molecule has 0 bridgehead atoms. The molecule has 2 aromatic carbocycles. The van der Waals surface area contributed by atoms with Crippen molar-refractivity contribution in [2.45, 2.75) is 6.92 Å². The van der Waals surface area contributed by atoms with E-state index in [1.54, 1.807) is 23.8 Å². The van der Waals surface area contributed by atoms with Gasteiger partial charge in [-0.15, -0.1) is 0 Å². The third kappa shape index (κ3) is 4.64. The molecule has 0 saturated carbocycles. The zero-order valence-electron chi connectivity index (χ0n) is 13.0. The van der Waals surface area contributed by atoms with Crippen molar-refractivity contribution in [3.8, 4) is 0 Å². The second-order valence-corrected chi connectivity index (χ2v) is 6.68. The number of carboxylic acids is 1. The second kappa shape index (κ2) is 7.14. The number of urea groups is 1. The summed E-state index contributed by atoms with van der Waals surface area (Å²) in [4.78, 5) is 34.5. The molecule has 0 fully saturated rings. The van der Waals surface area contributed by atoms with Crippen LogP contribution in [0.25, 0.3) is 0 Å². The summed E-state index contributed by atoms with van der Waals surface area (Å²) in [6.07, 6.45) is 0. The zero-order valence-corrected chi connectivity index (χ0v) is 13.8. The van der Waals surface area contributed by atoms with Crippen LogP contribution in [0.5, 0.6) is 0 Å². The van der Waals surface area contributed by atoms with Crippen LogP contribution in [0.1, 0.15) is 26.3 Å². The lowest BCUT2D eigenvalue weighted by molar-refractivity contribution is 0.0696. The fourth-order valence-corrected chi connectivity index (χ4v) is 2.70. The molecule has 2 aromatic rings. The number of hydrogen-bond donors (Lipinski definition) is 3. The van der Waals surface area contributed by atoms with E-state index in [-0.39, 0.29) is 16.8 Å². The number of anilines is 1. The number of amides is 2. The molecule has 2 rings (SSSR count). The summed E-state index contributed by atoms with van der Waals surface area (Å²) < 4.78 is 25.5. The molecule has 0 unspecified atom stereocenters. The van der Waals surface area contributed by atoms with E-state index in [0.29, 0.717) is 0 Å². The molecule has 0 saturated heterocycles. The summed E-state index contributed by atoms with van der Waals surface area (Å²) in [5.74, 6) is -1.14. The van der Waals surface area contributed by atoms with Crippen LogP contribution in [0.3, 0.4) is 0 Å². The van der Waals surface area contributed by atoms with Crippen molar-refractivity contribution in [3.63, 3.8) is 0 Å². The Morgan fingerprint density at radius 2 is 1.40 bits per heavy atom. The number of carbonyl (C=O) groups excluding carboxylic acids is 2. The Morgan fingerprint density at radius 3 is 1.92 bits per heavy atom. The third-order valence-electron chi connectivity index (χ3n) is 3.15. The van der Waals surface area contributed by atoms with Crippen molar-refractivity contribution < 1.29 is 27.9 Å². The lowest BCUT2D eigenvalue weighted by atomic mass is 10.2. The molecule has 0 atom stereocenters. The van der Waals surface area contributed by atoms with E-state index in [0.717, 1.165) is 5.56 Å². The van der Waals surface area contributed by atoms with Gasteiger partial charge in [0.2, 0.25) is 0 Å². The van der Waals surface area contributed by atoms with Crippen molar-refractivity contribution in [3.05, 3.63) is 65.2 Å². The molecule has 0 aliphatic heterocycles. The predicted octanol–water partition coefficient (Wildman–Crippen LogP) is 1.98. The largest absolute Gasteiger partial charge is 0.478 e. The minimum absolute atomic E-state index is 0.00753. The maximum absolute atomic E-state index is 12.0. The van der Waals surface area contributed by atoms with E-state index in [9.17, 15) is 22.8 Å². The molecule has 0 radical (unpaired) electrons. The van der Waals surface area contributed by atoms with E-state index in [4.69, 9.17) is 5.11 Å². The molecule has 25 heavy (non-hydrogen) atoms. The SMILES string of the molecule is Cc1ccc(C(=O)S(=O)(=O)NC(=O)Nc2ccc(C(=O)O)cc2)cc1. The van der Waals surface area contributed by atoms with Gasteiger partial charge in [-0.2, -0.15) is 8.42 Å². The molecule has 2 amide bonds. The normalized spacial score (nSPS) is 10.8. The van der Waals surface area contributed by atoms with Crippen LogP contribution in [0.4, 0.5) is 10.5 Å². The number of hydrogen-bond acceptors (Lipinski definition) is 5. The monoisotopic (exact) mass is 362 g/mol. The van der Waals surface area contributed by atoms with Gasteiger partial charge >= 0.3 is 22.0 Å². The van der Waals surface area contributed by atoms with Crippen molar-refractivity contribution in [1.29, 1.82) is 0 Å². The topological polar surface area (TPSA) is 130 Å². The molecule has 0 aromatic heterocycles. The summed E-state index contributed by atoms with van der Waals surface area (Å²) in [6, 6.07) is 9.77. The molecule has 0 spiro atoms. The standard InChI is InChI=1S/C16H14N2O6S/c1-10-2-4-12(5-3-10)15(21)25(23,24)18-16(22)17-13-8-6-11(7-9-13)14(19)20/h2-9H,1H3,(H,19,20)(H2,17,18,22). The van der Waals surface area contributed by atoms with Gasteiger partial charge in [-0.05, 0) is 43.3 Å². The number of nitrogens with one attached hydrogen (secondary N) is 2. The first-order valence-corrected chi connectivity index (χ1v) is 8.45. The number of aromatic carboxylic acids is 1. The fraction of sp³-hybridized carbons (Fsp3) is 0.0625. The zero-order chi connectivity index (χ0) is 18.6. The number of carboxylic acid groups (broad SMARTS) is 1. The maximum atomic E-state index is 12.0. The van der Waals surface area contributed by atoms with Gasteiger partial charge in [-0.3, -0.25) is 4.79 Å². The number of rotatable bonds is 3. The summed E-state index contributed by atoms with van der Waals surface area (Å²) in [5, 5.41) is 9.75. The van der Waals surface area contributed by atoms with Crippen LogP contribution in [0.2, 0.25) is 0 Å². The Hall–Kier alpha value is -3.20. The number of benzene rings is 2. The van der Waals surface area contributed by atoms with Crippen LogP contribution in [0, 0.1) is 6.92 Å². The first-order valence-electron chi connectivity index (χ1n) is 6.97. The highest BCUT2D eigenvalue weighted by molar-refractivity contribution is 8.05. The van der Waals surface area contributed by atoms with Crippen molar-refractivity contribution in [2.24, 2.45) is 0 Å². The summed E-state index contributed by atoms with van der Waals surface area (Å²) in [6.45, 7) is 1.78. The fourth-order valence-electron chi connectivity index (χ4n) is 1.87. The first kappa shape index (κ1) is 18.1. The molecule has 9 heteroatoms. The molecule has 3 N–H and O–H groups in total. The van der Waals surface area contributed by atoms with Crippen molar-refractivity contribution in [2.75, 3.05) is 5.32 Å². The van der Waals surface area contributed by atoms with Crippen LogP contribution in [0.15, 0.2) is 48.5 Å². The van der Waals surface area contributed by atoms with Crippen LogP contribution < -0.4 is 10.0 Å². The van der Waals surface area contributed by atoms with Crippen LogP contribution >= 0.6 is 0 Å². The third-order valence-corrected chi connectivity index (χ3v) is 4.33. The summed E-state index contributed by atoms with van der Waals surface area (Å²) >= 11 is 0. The van der Waals surface area contributed by atoms with E-state index in [2.05, 4.69) is 5.32 Å².